The standard InChI is InChI=1S/C13H11Br2NO2S/c1-16(6-8-4-12(15)19-7-8)11-3-2-9(13(17)18)5-10(11)14/h2-5,7H,6H2,1H3,(H,17,18). The topological polar surface area (TPSA) is 40.5 Å². The number of hydrogen-bond acceptors (Lipinski definition) is 3. The van der Waals surface area contributed by atoms with E-state index in [0.717, 1.165) is 20.5 Å². The van der Waals surface area contributed by atoms with Crippen LogP contribution in [-0.4, -0.2) is 18.1 Å². The van der Waals surface area contributed by atoms with Crippen molar-refractivity contribution < 1.29 is 9.90 Å². The van der Waals surface area contributed by atoms with Gasteiger partial charge in [-0.3, -0.25) is 0 Å². The molecule has 0 unspecified atom stereocenters. The van der Waals surface area contributed by atoms with E-state index in [1.807, 2.05) is 13.1 Å². The van der Waals surface area contributed by atoms with Gasteiger partial charge in [0.05, 0.1) is 15.0 Å². The van der Waals surface area contributed by atoms with Crippen molar-refractivity contribution >= 4 is 54.9 Å². The van der Waals surface area contributed by atoms with Crippen molar-refractivity contribution in [3.8, 4) is 0 Å². The van der Waals surface area contributed by atoms with Crippen LogP contribution in [-0.2, 0) is 6.54 Å². The van der Waals surface area contributed by atoms with Crippen LogP contribution < -0.4 is 4.90 Å². The van der Waals surface area contributed by atoms with Crippen LogP contribution >= 0.6 is 43.2 Å². The third-order valence-electron chi connectivity index (χ3n) is 2.65. The summed E-state index contributed by atoms with van der Waals surface area (Å²) in [6, 6.07) is 7.13. The number of thiophene rings is 1. The van der Waals surface area contributed by atoms with Crippen molar-refractivity contribution in [2.75, 3.05) is 11.9 Å². The van der Waals surface area contributed by atoms with Gasteiger partial charge in [0.25, 0.3) is 0 Å². The minimum Gasteiger partial charge on any atom is -0.478 e. The monoisotopic (exact) mass is 403 g/mol. The molecule has 2 aromatic rings. The predicted octanol–water partition coefficient (Wildman–Crippen LogP) is 4.61. The first-order chi connectivity index (χ1) is 8.97. The number of benzene rings is 1. The largest absolute Gasteiger partial charge is 0.478 e. The van der Waals surface area contributed by atoms with E-state index in [1.54, 1.807) is 23.5 Å². The van der Waals surface area contributed by atoms with Gasteiger partial charge in [-0.1, -0.05) is 0 Å². The molecule has 1 aromatic heterocycles. The molecule has 0 amide bonds. The van der Waals surface area contributed by atoms with Crippen LogP contribution in [0.15, 0.2) is 37.9 Å². The summed E-state index contributed by atoms with van der Waals surface area (Å²) >= 11 is 8.52. The zero-order valence-corrected chi connectivity index (χ0v) is 14.0. The zero-order chi connectivity index (χ0) is 14.0. The number of rotatable bonds is 4. The first kappa shape index (κ1) is 14.6. The van der Waals surface area contributed by atoms with Gasteiger partial charge in [-0.05, 0) is 67.1 Å². The van der Waals surface area contributed by atoms with Gasteiger partial charge in [0, 0.05) is 18.1 Å². The van der Waals surface area contributed by atoms with Crippen molar-refractivity contribution in [2.24, 2.45) is 0 Å². The first-order valence-electron chi connectivity index (χ1n) is 5.44. The lowest BCUT2D eigenvalue weighted by Gasteiger charge is -2.20. The van der Waals surface area contributed by atoms with E-state index in [9.17, 15) is 4.79 Å². The maximum absolute atomic E-state index is 10.9. The summed E-state index contributed by atoms with van der Waals surface area (Å²) in [7, 11) is 1.98. The van der Waals surface area contributed by atoms with Crippen molar-refractivity contribution in [2.45, 2.75) is 6.54 Å². The van der Waals surface area contributed by atoms with E-state index >= 15 is 0 Å². The van der Waals surface area contributed by atoms with Crippen molar-refractivity contribution in [1.82, 2.24) is 0 Å². The smallest absolute Gasteiger partial charge is 0.335 e. The molecule has 0 fully saturated rings. The molecule has 0 bridgehead atoms. The van der Waals surface area contributed by atoms with E-state index in [1.165, 1.54) is 5.56 Å². The fourth-order valence-corrected chi connectivity index (χ4v) is 3.62. The van der Waals surface area contributed by atoms with Crippen LogP contribution in [0.2, 0.25) is 0 Å². The van der Waals surface area contributed by atoms with E-state index in [0.29, 0.717) is 0 Å². The van der Waals surface area contributed by atoms with Gasteiger partial charge in [0.2, 0.25) is 0 Å². The van der Waals surface area contributed by atoms with Crippen LogP contribution in [0.4, 0.5) is 5.69 Å². The van der Waals surface area contributed by atoms with Crippen LogP contribution in [0.5, 0.6) is 0 Å². The second kappa shape index (κ2) is 6.07. The SMILES string of the molecule is CN(Cc1csc(Br)c1)c1ccc(C(=O)O)cc1Br. The number of nitrogens with zero attached hydrogens (tertiary/aromatic N) is 1. The number of halogens is 2. The normalized spacial score (nSPS) is 10.5. The van der Waals surface area contributed by atoms with E-state index in [2.05, 4.69) is 48.2 Å². The highest BCUT2D eigenvalue weighted by Crippen LogP contribution is 2.29. The number of anilines is 1. The molecule has 0 atom stereocenters. The van der Waals surface area contributed by atoms with Crippen LogP contribution in [0.3, 0.4) is 0 Å². The van der Waals surface area contributed by atoms with E-state index < -0.39 is 5.97 Å². The number of carboxylic acid groups (broad SMARTS) is 1. The fraction of sp³-hybridized carbons (Fsp3) is 0.154. The number of carboxylic acids is 1. The van der Waals surface area contributed by atoms with E-state index in [-0.39, 0.29) is 5.56 Å². The minimum atomic E-state index is -0.920. The molecule has 100 valence electrons. The van der Waals surface area contributed by atoms with Gasteiger partial charge in [0.1, 0.15) is 0 Å². The van der Waals surface area contributed by atoms with Gasteiger partial charge in [-0.25, -0.2) is 4.79 Å². The summed E-state index contributed by atoms with van der Waals surface area (Å²) in [5.74, 6) is -0.920. The number of aromatic carboxylic acids is 1. The summed E-state index contributed by atoms with van der Waals surface area (Å²) in [6.45, 7) is 0.771. The van der Waals surface area contributed by atoms with Gasteiger partial charge < -0.3 is 10.0 Å². The molecule has 1 N–H and O–H groups in total. The molecule has 19 heavy (non-hydrogen) atoms. The van der Waals surface area contributed by atoms with Crippen molar-refractivity contribution in [3.05, 3.63) is 49.0 Å². The Balaban J connectivity index is 2.19. The van der Waals surface area contributed by atoms with Crippen LogP contribution in [0, 0.1) is 0 Å². The molecule has 0 aliphatic carbocycles. The highest BCUT2D eigenvalue weighted by Gasteiger charge is 2.10. The Morgan fingerprint density at radius 3 is 2.63 bits per heavy atom. The second-order valence-electron chi connectivity index (χ2n) is 4.09. The highest BCUT2D eigenvalue weighted by molar-refractivity contribution is 9.11. The maximum atomic E-state index is 10.9. The number of hydrogen-bond donors (Lipinski definition) is 1. The molecule has 6 heteroatoms. The lowest BCUT2D eigenvalue weighted by Crippen LogP contribution is -2.16. The number of carbonyl (C=O) groups is 1. The molecule has 0 aliphatic rings. The second-order valence-corrected chi connectivity index (χ2v) is 7.23. The summed E-state index contributed by atoms with van der Waals surface area (Å²) in [5, 5.41) is 11.0. The Morgan fingerprint density at radius 2 is 2.11 bits per heavy atom. The molecule has 0 aliphatic heterocycles. The molecule has 1 heterocycles. The van der Waals surface area contributed by atoms with E-state index in [4.69, 9.17) is 5.11 Å². The van der Waals surface area contributed by atoms with Gasteiger partial charge in [-0.2, -0.15) is 0 Å². The summed E-state index contributed by atoms with van der Waals surface area (Å²) in [5.41, 5.74) is 2.46. The first-order valence-corrected chi connectivity index (χ1v) is 7.91. The van der Waals surface area contributed by atoms with Crippen LogP contribution in [0.1, 0.15) is 15.9 Å². The molecular weight excluding hydrogens is 394 g/mol. The van der Waals surface area contributed by atoms with Crippen molar-refractivity contribution in [3.63, 3.8) is 0 Å². The average molecular weight is 405 g/mol. The zero-order valence-electron chi connectivity index (χ0n) is 10.1. The highest BCUT2D eigenvalue weighted by atomic mass is 79.9. The molecule has 0 saturated carbocycles. The molecule has 0 saturated heterocycles. The molecule has 0 spiro atoms. The predicted molar refractivity (Wildman–Crippen MR) is 85.2 cm³/mol. The summed E-state index contributed by atoms with van der Waals surface area (Å²) in [4.78, 5) is 13.0. The Bertz CT molecular complexity index is 612. The third-order valence-corrected chi connectivity index (χ3v) is 4.84. The molecule has 2 rings (SSSR count). The molecule has 1 aromatic carbocycles. The fourth-order valence-electron chi connectivity index (χ4n) is 1.74. The van der Waals surface area contributed by atoms with Gasteiger partial charge in [0.15, 0.2) is 0 Å². The van der Waals surface area contributed by atoms with Gasteiger partial charge in [-0.15, -0.1) is 11.3 Å². The summed E-state index contributed by atoms with van der Waals surface area (Å²) in [6.07, 6.45) is 0. The van der Waals surface area contributed by atoms with Crippen LogP contribution in [0.25, 0.3) is 0 Å². The molecule has 3 nitrogen and oxygen atoms in total. The maximum Gasteiger partial charge on any atom is 0.335 e. The lowest BCUT2D eigenvalue weighted by molar-refractivity contribution is 0.0697. The Morgan fingerprint density at radius 1 is 1.37 bits per heavy atom. The molecular formula is C13H11Br2NO2S. The lowest BCUT2D eigenvalue weighted by atomic mass is 10.2. The average Bonchev–Trinajstić information content (AvgIpc) is 2.74. The third kappa shape index (κ3) is 3.58. The quantitative estimate of drug-likeness (QED) is 0.808. The Kier molecular flexibility index (Phi) is 4.65. The Labute approximate surface area is 132 Å². The molecule has 0 radical (unpaired) electrons. The van der Waals surface area contributed by atoms with Gasteiger partial charge >= 0.3 is 5.97 Å². The summed E-state index contributed by atoms with van der Waals surface area (Å²) < 4.78 is 1.89. The Hall–Kier alpha value is -0.850. The minimum absolute atomic E-state index is 0.280. The van der Waals surface area contributed by atoms with Crippen molar-refractivity contribution in [1.29, 1.82) is 0 Å².